The standard InChI is InChI=1S/C10H21NO4/c1-5-7(12)8(13)6(11)9(14-5)15-10(2,3)4/h5-9,12-13H,11H2,1-4H3/t5?,6?,7-,8-,9-/m1/s1. The molecule has 5 nitrogen and oxygen atoms in total. The summed E-state index contributed by atoms with van der Waals surface area (Å²) in [6, 6.07) is -0.726. The van der Waals surface area contributed by atoms with Gasteiger partial charge in [-0.2, -0.15) is 0 Å². The molecule has 0 aromatic heterocycles. The van der Waals surface area contributed by atoms with Gasteiger partial charge in [0.1, 0.15) is 12.2 Å². The molecule has 1 rings (SSSR count). The van der Waals surface area contributed by atoms with Gasteiger partial charge in [-0.25, -0.2) is 0 Å². The van der Waals surface area contributed by atoms with E-state index in [1.165, 1.54) is 0 Å². The van der Waals surface area contributed by atoms with Crippen LogP contribution < -0.4 is 5.73 Å². The highest BCUT2D eigenvalue weighted by Gasteiger charge is 2.42. The molecule has 2 unspecified atom stereocenters. The van der Waals surface area contributed by atoms with E-state index in [-0.39, 0.29) is 0 Å². The number of nitrogens with two attached hydrogens (primary N) is 1. The van der Waals surface area contributed by atoms with E-state index in [2.05, 4.69) is 0 Å². The van der Waals surface area contributed by atoms with Gasteiger partial charge < -0.3 is 25.4 Å². The molecule has 0 aromatic carbocycles. The number of aliphatic hydroxyl groups excluding tert-OH is 2. The van der Waals surface area contributed by atoms with Gasteiger partial charge in [-0.3, -0.25) is 0 Å². The molecule has 5 heteroatoms. The third kappa shape index (κ3) is 3.12. The van der Waals surface area contributed by atoms with Crippen molar-refractivity contribution in [2.24, 2.45) is 5.73 Å². The minimum absolute atomic E-state index is 0.399. The van der Waals surface area contributed by atoms with Gasteiger partial charge >= 0.3 is 0 Å². The van der Waals surface area contributed by atoms with Crippen LogP contribution in [0.5, 0.6) is 0 Å². The first-order valence-electron chi connectivity index (χ1n) is 5.17. The smallest absolute Gasteiger partial charge is 0.176 e. The normalized spacial score (nSPS) is 43.0. The second-order valence-electron chi connectivity index (χ2n) is 5.00. The Kier molecular flexibility index (Phi) is 3.73. The van der Waals surface area contributed by atoms with Crippen LogP contribution in [0.3, 0.4) is 0 Å². The highest BCUT2D eigenvalue weighted by atomic mass is 16.7. The molecule has 0 saturated carbocycles. The molecule has 5 atom stereocenters. The van der Waals surface area contributed by atoms with Gasteiger partial charge in [0, 0.05) is 0 Å². The van der Waals surface area contributed by atoms with Crippen LogP contribution in [0.2, 0.25) is 0 Å². The van der Waals surface area contributed by atoms with Crippen molar-refractivity contribution in [3.63, 3.8) is 0 Å². The third-order valence-corrected chi connectivity index (χ3v) is 2.36. The molecule has 1 fully saturated rings. The van der Waals surface area contributed by atoms with Crippen LogP contribution in [0, 0.1) is 0 Å². The van der Waals surface area contributed by atoms with E-state index in [1.807, 2.05) is 20.8 Å². The molecule has 90 valence electrons. The fraction of sp³-hybridized carbons (Fsp3) is 1.00. The summed E-state index contributed by atoms with van der Waals surface area (Å²) in [6.45, 7) is 7.32. The molecular formula is C10H21NO4. The van der Waals surface area contributed by atoms with Crippen molar-refractivity contribution in [3.8, 4) is 0 Å². The van der Waals surface area contributed by atoms with Gasteiger partial charge in [-0.1, -0.05) is 0 Å². The Bertz CT molecular complexity index is 216. The number of rotatable bonds is 1. The molecule has 1 aliphatic heterocycles. The summed E-state index contributed by atoms with van der Waals surface area (Å²) in [5.74, 6) is 0. The van der Waals surface area contributed by atoms with E-state index < -0.39 is 36.2 Å². The van der Waals surface area contributed by atoms with Gasteiger partial charge in [-0.15, -0.1) is 0 Å². The van der Waals surface area contributed by atoms with Crippen molar-refractivity contribution in [1.29, 1.82) is 0 Å². The largest absolute Gasteiger partial charge is 0.388 e. The maximum atomic E-state index is 9.65. The van der Waals surface area contributed by atoms with Gasteiger partial charge in [-0.05, 0) is 27.7 Å². The van der Waals surface area contributed by atoms with Gasteiger partial charge in [0.2, 0.25) is 0 Å². The predicted octanol–water partition coefficient (Wildman–Crippen LogP) is -0.405. The monoisotopic (exact) mass is 219 g/mol. The summed E-state index contributed by atoms with van der Waals surface area (Å²) < 4.78 is 11.0. The molecule has 0 amide bonds. The SMILES string of the molecule is CC1O[C@H](OC(C)(C)C)C(N)[C@@H](O)[C@@H]1O. The molecule has 0 bridgehead atoms. The summed E-state index contributed by atoms with van der Waals surface area (Å²) in [5, 5.41) is 19.2. The summed E-state index contributed by atoms with van der Waals surface area (Å²) in [6.07, 6.45) is -3.13. The van der Waals surface area contributed by atoms with E-state index in [0.29, 0.717) is 0 Å². The van der Waals surface area contributed by atoms with Crippen molar-refractivity contribution in [2.75, 3.05) is 0 Å². The van der Waals surface area contributed by atoms with Crippen molar-refractivity contribution in [3.05, 3.63) is 0 Å². The molecule has 0 spiro atoms. The minimum Gasteiger partial charge on any atom is -0.388 e. The molecule has 15 heavy (non-hydrogen) atoms. The van der Waals surface area contributed by atoms with E-state index in [4.69, 9.17) is 15.2 Å². The van der Waals surface area contributed by atoms with E-state index >= 15 is 0 Å². The van der Waals surface area contributed by atoms with Gasteiger partial charge in [0.15, 0.2) is 6.29 Å². The number of aliphatic hydroxyl groups is 2. The van der Waals surface area contributed by atoms with Crippen LogP contribution in [0.4, 0.5) is 0 Å². The quantitative estimate of drug-likeness (QED) is 0.558. The molecule has 4 N–H and O–H groups in total. The maximum absolute atomic E-state index is 9.65. The van der Waals surface area contributed by atoms with Crippen LogP contribution in [0.1, 0.15) is 27.7 Å². The fourth-order valence-corrected chi connectivity index (χ4v) is 1.50. The highest BCUT2D eigenvalue weighted by Crippen LogP contribution is 2.23. The van der Waals surface area contributed by atoms with Crippen molar-refractivity contribution in [2.45, 2.75) is 63.9 Å². The Balaban J connectivity index is 2.67. The lowest BCUT2D eigenvalue weighted by molar-refractivity contribution is -0.280. The second kappa shape index (κ2) is 4.35. The van der Waals surface area contributed by atoms with E-state index in [0.717, 1.165) is 0 Å². The average molecular weight is 219 g/mol. The zero-order valence-corrected chi connectivity index (χ0v) is 9.68. The Morgan fingerprint density at radius 3 is 2.20 bits per heavy atom. The first kappa shape index (κ1) is 12.9. The molecule has 0 aromatic rings. The number of hydrogen-bond acceptors (Lipinski definition) is 5. The Labute approximate surface area is 90.2 Å². The summed E-state index contributed by atoms with van der Waals surface area (Å²) in [5.41, 5.74) is 5.32. The Morgan fingerprint density at radius 2 is 1.73 bits per heavy atom. The zero-order chi connectivity index (χ0) is 11.8. The lowest BCUT2D eigenvalue weighted by atomic mass is 9.98. The van der Waals surface area contributed by atoms with E-state index in [9.17, 15) is 10.2 Å². The van der Waals surface area contributed by atoms with Crippen LogP contribution in [0.15, 0.2) is 0 Å². The summed E-state index contributed by atoms with van der Waals surface area (Å²) >= 11 is 0. The minimum atomic E-state index is -1.01. The Hall–Kier alpha value is -0.200. The first-order valence-corrected chi connectivity index (χ1v) is 5.17. The van der Waals surface area contributed by atoms with Crippen molar-refractivity contribution < 1.29 is 19.7 Å². The molecule has 1 aliphatic rings. The topological polar surface area (TPSA) is 84.9 Å². The van der Waals surface area contributed by atoms with Crippen molar-refractivity contribution >= 4 is 0 Å². The van der Waals surface area contributed by atoms with Crippen LogP contribution >= 0.6 is 0 Å². The molecule has 0 aliphatic carbocycles. The van der Waals surface area contributed by atoms with Crippen LogP contribution in [-0.4, -0.2) is 46.5 Å². The molecule has 0 radical (unpaired) electrons. The van der Waals surface area contributed by atoms with Crippen LogP contribution in [-0.2, 0) is 9.47 Å². The summed E-state index contributed by atoms with van der Waals surface area (Å²) in [7, 11) is 0. The molecular weight excluding hydrogens is 198 g/mol. The average Bonchev–Trinajstić information content (AvgIpc) is 2.08. The number of ether oxygens (including phenoxy) is 2. The lowest BCUT2D eigenvalue weighted by Crippen LogP contribution is -2.62. The van der Waals surface area contributed by atoms with E-state index in [1.54, 1.807) is 6.92 Å². The predicted molar refractivity (Wildman–Crippen MR) is 55.2 cm³/mol. The first-order chi connectivity index (χ1) is 6.72. The Morgan fingerprint density at radius 1 is 1.20 bits per heavy atom. The van der Waals surface area contributed by atoms with Crippen molar-refractivity contribution in [1.82, 2.24) is 0 Å². The molecule has 1 heterocycles. The third-order valence-electron chi connectivity index (χ3n) is 2.36. The van der Waals surface area contributed by atoms with Gasteiger partial charge in [0.25, 0.3) is 0 Å². The van der Waals surface area contributed by atoms with Crippen LogP contribution in [0.25, 0.3) is 0 Å². The maximum Gasteiger partial charge on any atom is 0.176 e. The molecule has 1 saturated heterocycles. The highest BCUT2D eigenvalue weighted by molar-refractivity contribution is 4.90. The fourth-order valence-electron chi connectivity index (χ4n) is 1.50. The number of hydrogen-bond donors (Lipinski definition) is 3. The van der Waals surface area contributed by atoms with Gasteiger partial charge in [0.05, 0.1) is 17.7 Å². The zero-order valence-electron chi connectivity index (χ0n) is 9.68. The second-order valence-corrected chi connectivity index (χ2v) is 5.00. The lowest BCUT2D eigenvalue weighted by Gasteiger charge is -2.42. The summed E-state index contributed by atoms with van der Waals surface area (Å²) in [4.78, 5) is 0.